The maximum atomic E-state index is 9.41. The molecule has 26 heavy (non-hydrogen) atoms. The first kappa shape index (κ1) is 18.0. The van der Waals surface area contributed by atoms with E-state index in [0.717, 1.165) is 28.1 Å². The van der Waals surface area contributed by atoms with Crippen molar-refractivity contribution in [2.75, 3.05) is 18.5 Å². The number of aliphatic hydroxyl groups is 2. The maximum absolute atomic E-state index is 9.41. The van der Waals surface area contributed by atoms with Gasteiger partial charge in [0.15, 0.2) is 0 Å². The van der Waals surface area contributed by atoms with Gasteiger partial charge in [-0.2, -0.15) is 0 Å². The number of anilines is 1. The van der Waals surface area contributed by atoms with Crippen molar-refractivity contribution in [2.24, 2.45) is 0 Å². The van der Waals surface area contributed by atoms with E-state index in [9.17, 15) is 5.11 Å². The van der Waals surface area contributed by atoms with Crippen molar-refractivity contribution in [3.05, 3.63) is 84.4 Å². The van der Waals surface area contributed by atoms with Gasteiger partial charge in [-0.3, -0.25) is 0 Å². The van der Waals surface area contributed by atoms with Crippen LogP contribution in [0, 0.1) is 0 Å². The number of rotatable bonds is 8. The lowest BCUT2D eigenvalue weighted by molar-refractivity contribution is 0.105. The van der Waals surface area contributed by atoms with Crippen LogP contribution >= 0.6 is 0 Å². The predicted octanol–water partition coefficient (Wildman–Crippen LogP) is 3.70. The first-order chi connectivity index (χ1) is 12.8. The average Bonchev–Trinajstić information content (AvgIpc) is 2.72. The van der Waals surface area contributed by atoms with E-state index in [4.69, 9.17) is 9.84 Å². The number of nitrogens with one attached hydrogen (secondary N) is 1. The van der Waals surface area contributed by atoms with Crippen molar-refractivity contribution < 1.29 is 14.9 Å². The number of hydrogen-bond donors (Lipinski definition) is 3. The van der Waals surface area contributed by atoms with Gasteiger partial charge >= 0.3 is 0 Å². The molecule has 1 atom stereocenters. The molecule has 0 aliphatic carbocycles. The van der Waals surface area contributed by atoms with Crippen LogP contribution in [0.2, 0.25) is 0 Å². The summed E-state index contributed by atoms with van der Waals surface area (Å²) in [7, 11) is 0. The molecule has 0 heterocycles. The van der Waals surface area contributed by atoms with Crippen LogP contribution in [0.1, 0.15) is 5.56 Å². The van der Waals surface area contributed by atoms with E-state index < -0.39 is 6.10 Å². The van der Waals surface area contributed by atoms with Crippen LogP contribution in [0.4, 0.5) is 5.69 Å². The summed E-state index contributed by atoms with van der Waals surface area (Å²) in [6, 6.07) is 26.0. The summed E-state index contributed by atoms with van der Waals surface area (Å²) in [5, 5.41) is 21.4. The van der Waals surface area contributed by atoms with Gasteiger partial charge in [-0.05, 0) is 29.3 Å². The lowest BCUT2D eigenvalue weighted by Crippen LogP contribution is -2.22. The summed E-state index contributed by atoms with van der Waals surface area (Å²) in [6.45, 7) is 0.584. The third kappa shape index (κ3) is 4.85. The van der Waals surface area contributed by atoms with Gasteiger partial charge in [0.2, 0.25) is 0 Å². The van der Waals surface area contributed by atoms with Crippen LogP contribution in [0.3, 0.4) is 0 Å². The summed E-state index contributed by atoms with van der Waals surface area (Å²) >= 11 is 0. The molecule has 134 valence electrons. The molecule has 3 aromatic carbocycles. The third-order valence-electron chi connectivity index (χ3n) is 4.07. The number of hydrogen-bond acceptors (Lipinski definition) is 4. The first-order valence-corrected chi connectivity index (χ1v) is 8.65. The van der Waals surface area contributed by atoms with Gasteiger partial charge in [-0.15, -0.1) is 0 Å². The van der Waals surface area contributed by atoms with Gasteiger partial charge in [0.1, 0.15) is 12.4 Å². The summed E-state index contributed by atoms with van der Waals surface area (Å²) < 4.78 is 6.02. The van der Waals surface area contributed by atoms with Crippen LogP contribution in [-0.4, -0.2) is 29.5 Å². The summed E-state index contributed by atoms with van der Waals surface area (Å²) in [5.41, 5.74) is 4.11. The molecule has 0 saturated heterocycles. The second kappa shape index (κ2) is 9.04. The molecule has 0 amide bonds. The predicted molar refractivity (Wildman–Crippen MR) is 104 cm³/mol. The Balaban J connectivity index is 1.70. The van der Waals surface area contributed by atoms with Gasteiger partial charge < -0.3 is 20.3 Å². The van der Waals surface area contributed by atoms with Crippen LogP contribution in [0.5, 0.6) is 5.75 Å². The minimum atomic E-state index is -0.762. The highest BCUT2D eigenvalue weighted by Crippen LogP contribution is 2.31. The summed E-state index contributed by atoms with van der Waals surface area (Å²) in [5.74, 6) is 0.841. The zero-order chi connectivity index (χ0) is 18.2. The summed E-state index contributed by atoms with van der Waals surface area (Å²) in [4.78, 5) is 0. The zero-order valence-corrected chi connectivity index (χ0v) is 14.5. The Morgan fingerprint density at radius 3 is 2.27 bits per heavy atom. The van der Waals surface area contributed by atoms with Crippen LogP contribution < -0.4 is 10.1 Å². The monoisotopic (exact) mass is 349 g/mol. The number of ether oxygens (including phenoxy) is 1. The highest BCUT2D eigenvalue weighted by Gasteiger charge is 2.07. The molecular formula is C22H23NO3. The molecule has 0 aliphatic rings. The topological polar surface area (TPSA) is 61.7 Å². The Hall–Kier alpha value is -2.82. The molecule has 1 unspecified atom stereocenters. The van der Waals surface area contributed by atoms with E-state index in [1.54, 1.807) is 0 Å². The molecule has 0 fully saturated rings. The second-order valence-corrected chi connectivity index (χ2v) is 6.07. The van der Waals surface area contributed by atoms with Crippen molar-refractivity contribution in [3.63, 3.8) is 0 Å². The standard InChI is InChI=1S/C22H23NO3/c24-15-20(25)14-23-19-12-10-18(11-13-19)21-8-4-5-9-22(21)26-16-17-6-2-1-3-7-17/h1-13,20,23-25H,14-16H2. The zero-order valence-electron chi connectivity index (χ0n) is 14.5. The Labute approximate surface area is 153 Å². The first-order valence-electron chi connectivity index (χ1n) is 8.65. The van der Waals surface area contributed by atoms with Crippen LogP contribution in [0.15, 0.2) is 78.9 Å². The quantitative estimate of drug-likeness (QED) is 0.580. The van der Waals surface area contributed by atoms with Crippen molar-refractivity contribution in [2.45, 2.75) is 12.7 Å². The minimum Gasteiger partial charge on any atom is -0.488 e. The van der Waals surface area contributed by atoms with Crippen molar-refractivity contribution in [1.29, 1.82) is 0 Å². The van der Waals surface area contributed by atoms with Crippen molar-refractivity contribution >= 4 is 5.69 Å². The van der Waals surface area contributed by atoms with Crippen LogP contribution in [-0.2, 0) is 6.61 Å². The molecule has 0 aromatic heterocycles. The average molecular weight is 349 g/mol. The Kier molecular flexibility index (Phi) is 6.25. The van der Waals surface area contributed by atoms with E-state index in [1.807, 2.05) is 78.9 Å². The van der Waals surface area contributed by atoms with Gasteiger partial charge in [-0.25, -0.2) is 0 Å². The van der Waals surface area contributed by atoms with E-state index in [2.05, 4.69) is 5.32 Å². The molecule has 0 spiro atoms. The highest BCUT2D eigenvalue weighted by atomic mass is 16.5. The smallest absolute Gasteiger partial charge is 0.127 e. The molecule has 3 N–H and O–H groups in total. The molecule has 0 saturated carbocycles. The van der Waals surface area contributed by atoms with Crippen LogP contribution in [0.25, 0.3) is 11.1 Å². The van der Waals surface area contributed by atoms with E-state index in [-0.39, 0.29) is 6.61 Å². The van der Waals surface area contributed by atoms with Gasteiger partial charge in [0.05, 0.1) is 12.7 Å². The molecule has 0 aliphatic heterocycles. The SMILES string of the molecule is OCC(O)CNc1ccc(-c2ccccc2OCc2ccccc2)cc1. The fourth-order valence-electron chi connectivity index (χ4n) is 2.63. The van der Waals surface area contributed by atoms with Gasteiger partial charge in [0.25, 0.3) is 0 Å². The molecular weight excluding hydrogens is 326 g/mol. The molecule has 3 aromatic rings. The van der Waals surface area contributed by atoms with E-state index >= 15 is 0 Å². The van der Waals surface area contributed by atoms with Crippen molar-refractivity contribution in [3.8, 4) is 16.9 Å². The Morgan fingerprint density at radius 1 is 0.846 bits per heavy atom. The second-order valence-electron chi connectivity index (χ2n) is 6.07. The van der Waals surface area contributed by atoms with Gasteiger partial charge in [0, 0.05) is 17.8 Å². The molecule has 3 rings (SSSR count). The fourth-order valence-corrected chi connectivity index (χ4v) is 2.63. The lowest BCUT2D eigenvalue weighted by atomic mass is 10.0. The Morgan fingerprint density at radius 2 is 1.54 bits per heavy atom. The number of aliphatic hydroxyl groups excluding tert-OH is 2. The van der Waals surface area contributed by atoms with Crippen molar-refractivity contribution in [1.82, 2.24) is 0 Å². The molecule has 4 nitrogen and oxygen atoms in total. The molecule has 0 radical (unpaired) electrons. The fraction of sp³-hybridized carbons (Fsp3) is 0.182. The maximum Gasteiger partial charge on any atom is 0.127 e. The summed E-state index contributed by atoms with van der Waals surface area (Å²) in [6.07, 6.45) is -0.762. The normalized spacial score (nSPS) is 11.8. The van der Waals surface area contributed by atoms with Gasteiger partial charge in [-0.1, -0.05) is 60.7 Å². The number of benzene rings is 3. The third-order valence-corrected chi connectivity index (χ3v) is 4.07. The largest absolute Gasteiger partial charge is 0.488 e. The lowest BCUT2D eigenvalue weighted by Gasteiger charge is -2.13. The molecule has 4 heteroatoms. The highest BCUT2D eigenvalue weighted by molar-refractivity contribution is 5.71. The van der Waals surface area contributed by atoms with E-state index in [1.165, 1.54) is 0 Å². The molecule has 0 bridgehead atoms. The van der Waals surface area contributed by atoms with E-state index in [0.29, 0.717) is 13.2 Å². The number of para-hydroxylation sites is 1. The minimum absolute atomic E-state index is 0.253. The Bertz CT molecular complexity index is 803.